The zero-order valence-corrected chi connectivity index (χ0v) is 22.0. The summed E-state index contributed by atoms with van der Waals surface area (Å²) in [4.78, 5) is 46.8. The van der Waals surface area contributed by atoms with Gasteiger partial charge in [0.1, 0.15) is 12.6 Å². The van der Waals surface area contributed by atoms with E-state index in [0.29, 0.717) is 19.3 Å². The molecule has 0 aromatic heterocycles. The number of nitrogens with one attached hydrogen (secondary N) is 1. The van der Waals surface area contributed by atoms with Gasteiger partial charge in [-0.2, -0.15) is 0 Å². The third-order valence-corrected chi connectivity index (χ3v) is 5.36. The fraction of sp³-hybridized carbons (Fsp3) is 0.593. The maximum Gasteiger partial charge on any atom is 0.348 e. The molecule has 1 aromatic carbocycles. The molecule has 8 heteroatoms. The van der Waals surface area contributed by atoms with Gasteiger partial charge in [0.05, 0.1) is 13.2 Å². The predicted molar refractivity (Wildman–Crippen MR) is 135 cm³/mol. The van der Waals surface area contributed by atoms with Crippen LogP contribution in [0.3, 0.4) is 0 Å². The number of amides is 3. The van der Waals surface area contributed by atoms with Gasteiger partial charge in [-0.25, -0.2) is 20.0 Å². The zero-order valence-electron chi connectivity index (χ0n) is 22.0. The first-order valence-electron chi connectivity index (χ1n) is 12.1. The van der Waals surface area contributed by atoms with Gasteiger partial charge in [-0.05, 0) is 36.2 Å². The lowest BCUT2D eigenvalue weighted by Gasteiger charge is -2.38. The van der Waals surface area contributed by atoms with E-state index in [1.807, 2.05) is 44.2 Å². The molecule has 35 heavy (non-hydrogen) atoms. The van der Waals surface area contributed by atoms with E-state index in [-0.39, 0.29) is 25.7 Å². The summed E-state index contributed by atoms with van der Waals surface area (Å²) in [6.45, 7) is 13.5. The van der Waals surface area contributed by atoms with Crippen molar-refractivity contribution >= 4 is 17.9 Å². The van der Waals surface area contributed by atoms with E-state index in [9.17, 15) is 14.4 Å². The van der Waals surface area contributed by atoms with Gasteiger partial charge >= 0.3 is 12.0 Å². The number of carbonyl (C=O) groups excluding carboxylic acids is 3. The van der Waals surface area contributed by atoms with Crippen LogP contribution in [0.2, 0.25) is 0 Å². The molecule has 0 heterocycles. The van der Waals surface area contributed by atoms with Crippen molar-refractivity contribution in [1.29, 1.82) is 0 Å². The number of hydroxylamine groups is 1. The van der Waals surface area contributed by atoms with Gasteiger partial charge in [0.2, 0.25) is 5.91 Å². The van der Waals surface area contributed by atoms with Gasteiger partial charge in [-0.1, -0.05) is 71.0 Å². The normalized spacial score (nSPS) is 13.1. The molecular formula is C27H42N2O6. The van der Waals surface area contributed by atoms with Crippen LogP contribution in [-0.4, -0.2) is 49.2 Å². The number of imide groups is 1. The van der Waals surface area contributed by atoms with Crippen LogP contribution in [0.25, 0.3) is 0 Å². The number of benzene rings is 1. The molecular weight excluding hydrogens is 448 g/mol. The number of ether oxygens (including phenoxy) is 2. The number of rotatable bonds is 14. The fourth-order valence-electron chi connectivity index (χ4n) is 3.73. The third kappa shape index (κ3) is 10.6. The predicted octanol–water partition coefficient (Wildman–Crippen LogP) is 4.89. The summed E-state index contributed by atoms with van der Waals surface area (Å²) in [7, 11) is 1.50. The number of urea groups is 1. The van der Waals surface area contributed by atoms with Gasteiger partial charge in [-0.3, -0.25) is 9.63 Å². The summed E-state index contributed by atoms with van der Waals surface area (Å²) in [6.07, 6.45) is 3.44. The molecule has 0 aliphatic carbocycles. The Kier molecular flexibility index (Phi) is 13.3. The highest BCUT2D eigenvalue weighted by Crippen LogP contribution is 2.30. The fourth-order valence-corrected chi connectivity index (χ4v) is 3.73. The topological polar surface area (TPSA) is 94.2 Å². The van der Waals surface area contributed by atoms with Crippen LogP contribution < -0.4 is 5.48 Å². The van der Waals surface area contributed by atoms with Crippen LogP contribution in [0.4, 0.5) is 4.79 Å². The molecule has 1 N–H and O–H groups in total. The van der Waals surface area contributed by atoms with E-state index in [1.165, 1.54) is 7.11 Å². The second-order valence-electron chi connectivity index (χ2n) is 10.0. The number of allylic oxidation sites excluding steroid dienone is 1. The molecule has 0 saturated heterocycles. The average Bonchev–Trinajstić information content (AvgIpc) is 2.79. The van der Waals surface area contributed by atoms with Crippen molar-refractivity contribution in [1.82, 2.24) is 10.4 Å². The number of methoxy groups -OCH3 is 1. The molecule has 0 radical (unpaired) electrons. The molecule has 1 unspecified atom stereocenters. The summed E-state index contributed by atoms with van der Waals surface area (Å²) in [5.41, 5.74) is 2.42. The van der Waals surface area contributed by atoms with Crippen LogP contribution in [0.15, 0.2) is 43.0 Å². The summed E-state index contributed by atoms with van der Waals surface area (Å²) >= 11 is 0. The average molecular weight is 491 g/mol. The van der Waals surface area contributed by atoms with E-state index in [1.54, 1.807) is 26.8 Å². The van der Waals surface area contributed by atoms with Crippen molar-refractivity contribution in [2.75, 3.05) is 20.3 Å². The van der Waals surface area contributed by atoms with Crippen molar-refractivity contribution in [3.05, 3.63) is 48.6 Å². The molecule has 196 valence electrons. The smallest absolute Gasteiger partial charge is 0.348 e. The van der Waals surface area contributed by atoms with Gasteiger partial charge in [-0.15, -0.1) is 6.58 Å². The second kappa shape index (κ2) is 15.3. The molecule has 1 aromatic rings. The first kappa shape index (κ1) is 30.3. The van der Waals surface area contributed by atoms with Gasteiger partial charge in [0.25, 0.3) is 0 Å². The number of hydrogen-bond acceptors (Lipinski definition) is 6. The third-order valence-electron chi connectivity index (χ3n) is 5.36. The molecule has 0 saturated carbocycles. The maximum absolute atomic E-state index is 13.8. The Balaban J connectivity index is 3.27. The first-order chi connectivity index (χ1) is 16.5. The Labute approximate surface area is 209 Å². The van der Waals surface area contributed by atoms with Gasteiger partial charge in [0.15, 0.2) is 0 Å². The maximum atomic E-state index is 13.8. The summed E-state index contributed by atoms with van der Waals surface area (Å²) in [5, 5.41) is 0. The van der Waals surface area contributed by atoms with E-state index in [2.05, 4.69) is 12.1 Å². The molecule has 0 aliphatic rings. The van der Waals surface area contributed by atoms with Crippen molar-refractivity contribution in [3.63, 3.8) is 0 Å². The Morgan fingerprint density at radius 1 is 1.11 bits per heavy atom. The SMILES string of the molecule is C=CCCC(CC(C)C)C(=O)N(C(=O)NOCc1ccccc1)[C@H](C(=O)OCCOC)C(C)(C)C. The van der Waals surface area contributed by atoms with Crippen LogP contribution in [0.5, 0.6) is 0 Å². The highest BCUT2D eigenvalue weighted by atomic mass is 16.7. The Bertz CT molecular complexity index is 804. The van der Waals surface area contributed by atoms with E-state index in [4.69, 9.17) is 14.3 Å². The molecule has 2 atom stereocenters. The van der Waals surface area contributed by atoms with Crippen molar-refractivity contribution < 1.29 is 28.7 Å². The Hall–Kier alpha value is -2.71. The largest absolute Gasteiger partial charge is 0.462 e. The lowest BCUT2D eigenvalue weighted by atomic mass is 9.84. The van der Waals surface area contributed by atoms with Crippen LogP contribution in [-0.2, 0) is 30.5 Å². The second-order valence-corrected chi connectivity index (χ2v) is 10.0. The Morgan fingerprint density at radius 2 is 1.77 bits per heavy atom. The summed E-state index contributed by atoms with van der Waals surface area (Å²) in [6, 6.07) is 7.34. The van der Waals surface area contributed by atoms with Crippen molar-refractivity contribution in [2.24, 2.45) is 17.3 Å². The minimum absolute atomic E-state index is 0.0158. The minimum Gasteiger partial charge on any atom is -0.462 e. The standard InChI is InChI=1S/C27H42N2O6/c1-8-9-15-22(18-20(2)3)24(30)29(23(27(4,5)6)25(31)34-17-16-33-7)26(32)28-35-19-21-13-11-10-12-14-21/h8,10-14,20,22-23H,1,9,15-19H2,2-7H3,(H,28,32)/t22?,23-/m1/s1. The number of esters is 1. The molecule has 0 fully saturated rings. The van der Waals surface area contributed by atoms with Crippen molar-refractivity contribution in [2.45, 2.75) is 66.5 Å². The van der Waals surface area contributed by atoms with E-state index >= 15 is 0 Å². The molecule has 3 amide bonds. The lowest BCUT2D eigenvalue weighted by molar-refractivity contribution is -0.160. The van der Waals surface area contributed by atoms with Crippen molar-refractivity contribution in [3.8, 4) is 0 Å². The van der Waals surface area contributed by atoms with Crippen LogP contribution >= 0.6 is 0 Å². The molecule has 1 rings (SSSR count). The van der Waals surface area contributed by atoms with Crippen LogP contribution in [0, 0.1) is 17.3 Å². The summed E-state index contributed by atoms with van der Waals surface area (Å²) < 4.78 is 10.3. The van der Waals surface area contributed by atoms with E-state index in [0.717, 1.165) is 10.5 Å². The first-order valence-corrected chi connectivity index (χ1v) is 12.1. The number of nitrogens with zero attached hydrogens (tertiary/aromatic N) is 1. The zero-order chi connectivity index (χ0) is 26.4. The van der Waals surface area contributed by atoms with Crippen LogP contribution in [0.1, 0.15) is 59.4 Å². The monoisotopic (exact) mass is 490 g/mol. The minimum atomic E-state index is -1.16. The lowest BCUT2D eigenvalue weighted by Crippen LogP contribution is -2.59. The highest BCUT2D eigenvalue weighted by Gasteiger charge is 2.45. The quantitative estimate of drug-likeness (QED) is 0.173. The Morgan fingerprint density at radius 3 is 2.31 bits per heavy atom. The number of carbonyl (C=O) groups is 3. The van der Waals surface area contributed by atoms with E-state index < -0.39 is 35.3 Å². The highest BCUT2D eigenvalue weighted by molar-refractivity contribution is 5.99. The molecule has 0 bridgehead atoms. The summed E-state index contributed by atoms with van der Waals surface area (Å²) in [5.74, 6) is -1.36. The molecule has 0 spiro atoms. The van der Waals surface area contributed by atoms with Gasteiger partial charge in [0, 0.05) is 13.0 Å². The van der Waals surface area contributed by atoms with Gasteiger partial charge < -0.3 is 9.47 Å². The number of hydrogen-bond donors (Lipinski definition) is 1. The molecule has 0 aliphatic heterocycles. The molecule has 8 nitrogen and oxygen atoms in total.